The molecule has 1 heterocycles. The van der Waals surface area contributed by atoms with Crippen molar-refractivity contribution in [3.8, 4) is 0 Å². The summed E-state index contributed by atoms with van der Waals surface area (Å²) in [6, 6.07) is 7.11. The third-order valence-corrected chi connectivity index (χ3v) is 8.19. The average molecular weight is 469 g/mol. The zero-order valence-electron chi connectivity index (χ0n) is 18.2. The van der Waals surface area contributed by atoms with Crippen molar-refractivity contribution >= 4 is 27.7 Å². The first-order chi connectivity index (χ1) is 14.0. The van der Waals surface area contributed by atoms with Crippen molar-refractivity contribution in [1.82, 2.24) is 14.9 Å². The minimum absolute atomic E-state index is 0. The quantitative estimate of drug-likeness (QED) is 0.629. The molecule has 5 radical (unpaired) electrons. The van der Waals surface area contributed by atoms with Crippen molar-refractivity contribution in [2.24, 2.45) is 0 Å². The predicted octanol–water partition coefficient (Wildman–Crippen LogP) is 5.11. The minimum atomic E-state index is -3.70. The number of nitrogens with one attached hydrogen (secondary N) is 2. The van der Waals surface area contributed by atoms with Crippen LogP contribution in [0.3, 0.4) is 0 Å². The van der Waals surface area contributed by atoms with Crippen molar-refractivity contribution in [3.05, 3.63) is 50.2 Å². The highest BCUT2D eigenvalue weighted by molar-refractivity contribution is 7.89. The average Bonchev–Trinajstić information content (AvgIpc) is 2.69. The smallest absolute Gasteiger partial charge is 0.315 e. The molecular weight excluding hydrogens is 434 g/mol. The van der Waals surface area contributed by atoms with E-state index in [0.717, 1.165) is 51.0 Å². The monoisotopic (exact) mass is 468 g/mol. The number of sulfonamides is 1. The number of nitrogens with zero attached hydrogens (tertiary/aromatic N) is 1. The zero-order valence-corrected chi connectivity index (χ0v) is 19.8. The molecule has 1 saturated carbocycles. The Hall–Kier alpha value is -1.31. The second-order valence-corrected chi connectivity index (χ2v) is 10.2. The molecule has 0 bridgehead atoms. The van der Waals surface area contributed by atoms with Crippen LogP contribution in [0, 0.1) is 20.9 Å². The number of carbonyl (C=O) groups is 1. The van der Waals surface area contributed by atoms with E-state index < -0.39 is 10.0 Å². The lowest BCUT2D eigenvalue weighted by Crippen LogP contribution is -2.51. The SMILES string of the molecule is O=C(NCC1CCCCN1S(=O)(=O)c1ccccc1Cl)N[C]1CCCCCCC1.[CH2].[CH2]. The highest BCUT2D eigenvalue weighted by Crippen LogP contribution is 2.29. The molecule has 173 valence electrons. The molecule has 1 unspecified atom stereocenters. The number of hydrogen-bond donors (Lipinski definition) is 2. The summed E-state index contributed by atoms with van der Waals surface area (Å²) in [6.45, 7) is 0.738. The van der Waals surface area contributed by atoms with E-state index in [9.17, 15) is 13.2 Å². The summed E-state index contributed by atoms with van der Waals surface area (Å²) >= 11 is 6.15. The molecule has 0 aromatic heterocycles. The van der Waals surface area contributed by atoms with E-state index in [-0.39, 0.29) is 36.8 Å². The Morgan fingerprint density at radius 1 is 1.00 bits per heavy atom. The topological polar surface area (TPSA) is 78.5 Å². The van der Waals surface area contributed by atoms with Gasteiger partial charge in [-0.1, -0.05) is 77.1 Å². The number of benzene rings is 1. The Bertz CT molecular complexity index is 780. The summed E-state index contributed by atoms with van der Waals surface area (Å²) in [7, 11) is -3.70. The second kappa shape index (κ2) is 13.3. The van der Waals surface area contributed by atoms with Gasteiger partial charge in [-0.05, 0) is 37.8 Å². The van der Waals surface area contributed by atoms with Gasteiger partial charge >= 0.3 is 6.03 Å². The lowest BCUT2D eigenvalue weighted by molar-refractivity contribution is 0.223. The third kappa shape index (κ3) is 7.65. The molecule has 2 aliphatic rings. The van der Waals surface area contributed by atoms with Gasteiger partial charge in [0.15, 0.2) is 0 Å². The maximum Gasteiger partial charge on any atom is 0.315 e. The lowest BCUT2D eigenvalue weighted by Gasteiger charge is -2.35. The molecule has 2 amide bonds. The van der Waals surface area contributed by atoms with E-state index >= 15 is 0 Å². The summed E-state index contributed by atoms with van der Waals surface area (Å²) in [5, 5.41) is 6.12. The van der Waals surface area contributed by atoms with E-state index in [1.165, 1.54) is 29.6 Å². The summed E-state index contributed by atoms with van der Waals surface area (Å²) in [5.74, 6) is 0. The van der Waals surface area contributed by atoms with Crippen LogP contribution in [0.15, 0.2) is 29.2 Å². The van der Waals surface area contributed by atoms with Gasteiger partial charge in [-0.3, -0.25) is 0 Å². The highest BCUT2D eigenvalue weighted by Gasteiger charge is 2.34. The summed E-state index contributed by atoms with van der Waals surface area (Å²) < 4.78 is 27.8. The van der Waals surface area contributed by atoms with Crippen LogP contribution in [-0.4, -0.2) is 37.9 Å². The highest BCUT2D eigenvalue weighted by atomic mass is 35.5. The van der Waals surface area contributed by atoms with Gasteiger partial charge < -0.3 is 10.6 Å². The van der Waals surface area contributed by atoms with Gasteiger partial charge in [0.05, 0.1) is 11.1 Å². The number of rotatable bonds is 5. The first kappa shape index (κ1) is 27.7. The van der Waals surface area contributed by atoms with Gasteiger partial charge in [-0.15, -0.1) is 0 Å². The molecule has 1 aromatic rings. The van der Waals surface area contributed by atoms with E-state index in [2.05, 4.69) is 10.6 Å². The van der Waals surface area contributed by atoms with Crippen LogP contribution in [0.25, 0.3) is 0 Å². The maximum atomic E-state index is 13.2. The van der Waals surface area contributed by atoms with Crippen molar-refractivity contribution in [2.75, 3.05) is 13.1 Å². The van der Waals surface area contributed by atoms with E-state index in [1.807, 2.05) is 0 Å². The van der Waals surface area contributed by atoms with Crippen LogP contribution in [0.2, 0.25) is 5.02 Å². The third-order valence-electron chi connectivity index (χ3n) is 5.74. The van der Waals surface area contributed by atoms with Gasteiger partial charge in [0.2, 0.25) is 10.0 Å². The van der Waals surface area contributed by atoms with E-state index in [4.69, 9.17) is 11.6 Å². The second-order valence-electron chi connectivity index (χ2n) is 7.90. The fourth-order valence-electron chi connectivity index (χ4n) is 4.15. The Morgan fingerprint density at radius 3 is 2.32 bits per heavy atom. The first-order valence-electron chi connectivity index (χ1n) is 10.6. The van der Waals surface area contributed by atoms with Crippen molar-refractivity contribution in [1.29, 1.82) is 0 Å². The maximum absolute atomic E-state index is 13.2. The molecule has 31 heavy (non-hydrogen) atoms. The van der Waals surface area contributed by atoms with E-state index in [1.54, 1.807) is 18.2 Å². The molecule has 1 aromatic carbocycles. The lowest BCUT2D eigenvalue weighted by atomic mass is 9.97. The summed E-state index contributed by atoms with van der Waals surface area (Å²) in [5.41, 5.74) is 0. The molecule has 2 N–H and O–H groups in total. The van der Waals surface area contributed by atoms with Gasteiger partial charge in [0.1, 0.15) is 4.90 Å². The molecule has 1 aliphatic heterocycles. The Kier molecular flexibility index (Phi) is 11.9. The Balaban J connectivity index is 0.00000240. The number of hydrogen-bond acceptors (Lipinski definition) is 3. The number of carbonyl (C=O) groups excluding carboxylic acids is 1. The van der Waals surface area contributed by atoms with Crippen molar-refractivity contribution in [2.45, 2.75) is 75.1 Å². The molecule has 1 atom stereocenters. The number of urea groups is 1. The Labute approximate surface area is 194 Å². The molecule has 6 nitrogen and oxygen atoms in total. The fourth-order valence-corrected chi connectivity index (χ4v) is 6.33. The van der Waals surface area contributed by atoms with Crippen LogP contribution in [-0.2, 0) is 10.0 Å². The molecule has 8 heteroatoms. The molecule has 1 aliphatic carbocycles. The summed E-state index contributed by atoms with van der Waals surface area (Å²) in [6.07, 6.45) is 10.3. The normalized spacial score (nSPS) is 21.0. The van der Waals surface area contributed by atoms with Crippen LogP contribution in [0.4, 0.5) is 4.79 Å². The number of piperidine rings is 1. The summed E-state index contributed by atoms with van der Waals surface area (Å²) in [4.78, 5) is 12.5. The van der Waals surface area contributed by atoms with Crippen LogP contribution in [0.5, 0.6) is 0 Å². The largest absolute Gasteiger partial charge is 0.337 e. The van der Waals surface area contributed by atoms with Gasteiger partial charge in [-0.25, -0.2) is 13.2 Å². The molecule has 0 spiro atoms. The van der Waals surface area contributed by atoms with Crippen LogP contribution < -0.4 is 10.6 Å². The first-order valence-corrected chi connectivity index (χ1v) is 12.5. The predicted molar refractivity (Wildman–Crippen MR) is 126 cm³/mol. The number of amides is 2. The van der Waals surface area contributed by atoms with Gasteiger partial charge in [0.25, 0.3) is 0 Å². The minimum Gasteiger partial charge on any atom is -0.337 e. The number of halogens is 1. The standard InChI is InChI=1S/C21H31ClN3O3S.2CH2/c22-19-13-6-7-14-20(19)29(27,28)25-15-9-8-12-18(25)16-23-21(26)24-17-10-4-2-1-3-5-11-17;;/h6-7,13-14,18H,1-5,8-12,15-16H2,(H2,23,24,26);2*1H2. The zero-order chi connectivity index (χ0) is 20.7. The van der Waals surface area contributed by atoms with E-state index in [0.29, 0.717) is 13.1 Å². The van der Waals surface area contributed by atoms with Crippen molar-refractivity contribution < 1.29 is 13.2 Å². The van der Waals surface area contributed by atoms with Crippen LogP contribution >= 0.6 is 11.6 Å². The van der Waals surface area contributed by atoms with Gasteiger partial charge in [0, 0.05) is 19.1 Å². The van der Waals surface area contributed by atoms with Gasteiger partial charge in [-0.2, -0.15) is 4.31 Å². The molecule has 3 rings (SSSR count). The molecule has 2 fully saturated rings. The van der Waals surface area contributed by atoms with Crippen molar-refractivity contribution in [3.63, 3.8) is 0 Å². The van der Waals surface area contributed by atoms with Crippen LogP contribution in [0.1, 0.15) is 64.2 Å². The fraction of sp³-hybridized carbons (Fsp3) is 0.565. The Morgan fingerprint density at radius 2 is 1.65 bits per heavy atom. The molecule has 1 saturated heterocycles. The molecular formula is C23H35ClN3O3S.